The highest BCUT2D eigenvalue weighted by Gasteiger charge is 2.14. The third kappa shape index (κ3) is 5.56. The first-order chi connectivity index (χ1) is 23.2. The summed E-state index contributed by atoms with van der Waals surface area (Å²) in [5.74, 6) is 0. The van der Waals surface area contributed by atoms with E-state index in [2.05, 4.69) is 125 Å². The van der Waals surface area contributed by atoms with Crippen molar-refractivity contribution >= 4 is 16.7 Å². The van der Waals surface area contributed by atoms with Gasteiger partial charge in [0.05, 0.1) is 12.3 Å². The van der Waals surface area contributed by atoms with Gasteiger partial charge in [-0.25, -0.2) is 4.85 Å². The summed E-state index contributed by atoms with van der Waals surface area (Å²) in [6.07, 6.45) is 3.67. The number of benzene rings is 6. The highest BCUT2D eigenvalue weighted by Crippen LogP contribution is 2.36. The lowest BCUT2D eigenvalue weighted by atomic mass is 9.93. The summed E-state index contributed by atoms with van der Waals surface area (Å²) < 4.78 is 0. The Hall–Kier alpha value is -6.64. The van der Waals surface area contributed by atoms with E-state index >= 15 is 0 Å². The minimum absolute atomic E-state index is 0.641. The molecule has 0 saturated heterocycles. The van der Waals surface area contributed by atoms with Crippen LogP contribution in [-0.4, -0.2) is 20.0 Å². The number of aromatic nitrogens is 4. The molecule has 0 N–H and O–H groups in total. The van der Waals surface area contributed by atoms with E-state index in [-0.39, 0.29) is 0 Å². The zero-order valence-electron chi connectivity index (χ0n) is 25.3. The summed E-state index contributed by atoms with van der Waals surface area (Å²) >= 11 is 0. The van der Waals surface area contributed by atoms with Crippen LogP contribution in [0.3, 0.4) is 0 Å². The molecule has 0 saturated carbocycles. The van der Waals surface area contributed by atoms with E-state index in [1.54, 1.807) is 11.0 Å². The molecule has 2 aromatic heterocycles. The molecule has 0 radical (unpaired) electrons. The summed E-state index contributed by atoms with van der Waals surface area (Å²) in [5, 5.41) is 9.81. The number of fused-ring (bicyclic) bond motifs is 1. The number of hydrogen-bond acceptors (Lipinski definition) is 3. The monoisotopic (exact) mass is 601 g/mol. The summed E-state index contributed by atoms with van der Waals surface area (Å²) in [6, 6.07) is 51.9. The molecule has 220 valence electrons. The van der Waals surface area contributed by atoms with Crippen LogP contribution in [0.4, 0.5) is 5.69 Å². The molecule has 0 aliphatic rings. The second-order valence-corrected chi connectivity index (χ2v) is 11.3. The second kappa shape index (κ2) is 12.0. The van der Waals surface area contributed by atoms with E-state index < -0.39 is 0 Å². The molecule has 0 atom stereocenters. The van der Waals surface area contributed by atoms with Gasteiger partial charge in [-0.1, -0.05) is 121 Å². The average Bonchev–Trinajstić information content (AvgIpc) is 3.59. The molecule has 2 heterocycles. The minimum atomic E-state index is 0.641. The molecule has 47 heavy (non-hydrogen) atoms. The molecular formula is C42H27N5. The zero-order chi connectivity index (χ0) is 31.6. The van der Waals surface area contributed by atoms with Gasteiger partial charge in [0.25, 0.3) is 0 Å². The largest absolute Gasteiger partial charge is 0.264 e. The first-order valence-corrected chi connectivity index (χ1v) is 15.4. The molecular weight excluding hydrogens is 574 g/mol. The Morgan fingerprint density at radius 3 is 1.40 bits per heavy atom. The maximum atomic E-state index is 7.22. The van der Waals surface area contributed by atoms with Gasteiger partial charge < -0.3 is 0 Å². The molecule has 0 fully saturated rings. The van der Waals surface area contributed by atoms with Crippen molar-refractivity contribution in [2.45, 2.75) is 0 Å². The van der Waals surface area contributed by atoms with Gasteiger partial charge in [-0.05, 0) is 86.0 Å². The van der Waals surface area contributed by atoms with E-state index in [1.165, 1.54) is 0 Å². The molecule has 0 spiro atoms. The van der Waals surface area contributed by atoms with Crippen LogP contribution in [-0.2, 0) is 0 Å². The Bertz CT molecular complexity index is 2350. The highest BCUT2D eigenvalue weighted by molar-refractivity contribution is 5.93. The van der Waals surface area contributed by atoms with Crippen LogP contribution < -0.4 is 0 Å². The van der Waals surface area contributed by atoms with Gasteiger partial charge in [0.1, 0.15) is 11.0 Å². The molecule has 5 heteroatoms. The summed E-state index contributed by atoms with van der Waals surface area (Å²) in [4.78, 5) is 9.46. The minimum Gasteiger partial charge on any atom is -0.264 e. The standard InChI is InChI=1S/C42H27N5/c1-43-37-21-17-31(18-22-37)30-13-15-35(16-14-30)40-27-42-41(26-39(40)34-6-3-2-4-7-34)45-47(46-42)38-23-19-32(20-24-38)29-9-11-33(12-10-29)36-8-5-25-44-28-36/h2-28H. The lowest BCUT2D eigenvalue weighted by Crippen LogP contribution is -1.97. The van der Waals surface area contributed by atoms with Gasteiger partial charge >= 0.3 is 0 Å². The smallest absolute Gasteiger partial charge is 0.187 e. The van der Waals surface area contributed by atoms with Crippen molar-refractivity contribution < 1.29 is 0 Å². The number of rotatable bonds is 6. The normalized spacial score (nSPS) is 11.0. The fourth-order valence-corrected chi connectivity index (χ4v) is 5.92. The van der Waals surface area contributed by atoms with Crippen LogP contribution >= 0.6 is 0 Å². The topological polar surface area (TPSA) is 48.0 Å². The van der Waals surface area contributed by atoms with Crippen LogP contribution in [0.25, 0.3) is 77.2 Å². The Kier molecular flexibility index (Phi) is 7.14. The van der Waals surface area contributed by atoms with Gasteiger partial charge in [0.15, 0.2) is 5.69 Å². The SMILES string of the molecule is [C-]#[N+]c1ccc(-c2ccc(-c3cc4nn(-c5ccc(-c6ccc(-c7cccnc7)cc6)cc5)nc4cc3-c3ccccc3)cc2)cc1. The van der Waals surface area contributed by atoms with Crippen LogP contribution in [0.2, 0.25) is 0 Å². The zero-order valence-corrected chi connectivity index (χ0v) is 25.3. The first-order valence-electron chi connectivity index (χ1n) is 15.4. The van der Waals surface area contributed by atoms with E-state index in [9.17, 15) is 0 Å². The van der Waals surface area contributed by atoms with Crippen molar-refractivity contribution in [2.24, 2.45) is 0 Å². The van der Waals surface area contributed by atoms with Gasteiger partial charge in [-0.3, -0.25) is 4.98 Å². The molecule has 8 rings (SSSR count). The van der Waals surface area contributed by atoms with Gasteiger partial charge in [0.2, 0.25) is 0 Å². The van der Waals surface area contributed by atoms with Gasteiger partial charge in [-0.2, -0.15) is 4.80 Å². The predicted octanol–water partition coefficient (Wildman–Crippen LogP) is 10.7. The fourth-order valence-electron chi connectivity index (χ4n) is 5.92. The number of pyridine rings is 1. The van der Waals surface area contributed by atoms with Crippen LogP contribution in [0.1, 0.15) is 0 Å². The number of hydrogen-bond donors (Lipinski definition) is 0. The third-order valence-electron chi connectivity index (χ3n) is 8.44. The van der Waals surface area contributed by atoms with Crippen molar-refractivity contribution in [3.8, 4) is 61.3 Å². The molecule has 0 amide bonds. The van der Waals surface area contributed by atoms with E-state index in [0.717, 1.165) is 72.4 Å². The van der Waals surface area contributed by atoms with Crippen molar-refractivity contribution in [3.05, 3.63) is 175 Å². The quantitative estimate of drug-likeness (QED) is 0.178. The second-order valence-electron chi connectivity index (χ2n) is 11.3. The van der Waals surface area contributed by atoms with Crippen molar-refractivity contribution in [2.75, 3.05) is 0 Å². The van der Waals surface area contributed by atoms with Crippen molar-refractivity contribution in [3.63, 3.8) is 0 Å². The highest BCUT2D eigenvalue weighted by atomic mass is 15.5. The van der Waals surface area contributed by atoms with Crippen LogP contribution in [0, 0.1) is 6.57 Å². The first kappa shape index (κ1) is 27.9. The number of nitrogens with zero attached hydrogens (tertiary/aromatic N) is 5. The van der Waals surface area contributed by atoms with Gasteiger partial charge in [0, 0.05) is 12.4 Å². The fraction of sp³-hybridized carbons (Fsp3) is 0. The third-order valence-corrected chi connectivity index (χ3v) is 8.44. The molecule has 6 aromatic carbocycles. The predicted molar refractivity (Wildman–Crippen MR) is 190 cm³/mol. The van der Waals surface area contributed by atoms with Crippen LogP contribution in [0.5, 0.6) is 0 Å². The lowest BCUT2D eigenvalue weighted by Gasteiger charge is -2.11. The van der Waals surface area contributed by atoms with Gasteiger partial charge in [-0.15, -0.1) is 10.2 Å². The molecule has 0 bridgehead atoms. The average molecular weight is 602 g/mol. The Morgan fingerprint density at radius 1 is 0.447 bits per heavy atom. The lowest BCUT2D eigenvalue weighted by molar-refractivity contribution is 0.766. The molecule has 0 aliphatic heterocycles. The maximum Gasteiger partial charge on any atom is 0.187 e. The molecule has 5 nitrogen and oxygen atoms in total. The van der Waals surface area contributed by atoms with E-state index in [0.29, 0.717) is 5.69 Å². The maximum absolute atomic E-state index is 7.22. The Balaban J connectivity index is 1.12. The summed E-state index contributed by atoms with van der Waals surface area (Å²) in [5.41, 5.74) is 14.3. The Morgan fingerprint density at radius 2 is 0.894 bits per heavy atom. The molecule has 0 aliphatic carbocycles. The Labute approximate surface area is 272 Å². The molecule has 8 aromatic rings. The van der Waals surface area contributed by atoms with E-state index in [1.807, 2.05) is 42.6 Å². The van der Waals surface area contributed by atoms with Crippen molar-refractivity contribution in [1.82, 2.24) is 20.0 Å². The molecule has 0 unspecified atom stereocenters. The van der Waals surface area contributed by atoms with Crippen LogP contribution in [0.15, 0.2) is 164 Å². The summed E-state index contributed by atoms with van der Waals surface area (Å²) in [7, 11) is 0. The van der Waals surface area contributed by atoms with E-state index in [4.69, 9.17) is 16.8 Å². The summed E-state index contributed by atoms with van der Waals surface area (Å²) in [6.45, 7) is 7.22. The van der Waals surface area contributed by atoms with Crippen molar-refractivity contribution in [1.29, 1.82) is 0 Å².